The van der Waals surface area contributed by atoms with Crippen molar-refractivity contribution in [2.45, 2.75) is 31.2 Å². The van der Waals surface area contributed by atoms with Gasteiger partial charge in [-0.05, 0) is 67.8 Å². The lowest BCUT2D eigenvalue weighted by atomic mass is 10.1. The van der Waals surface area contributed by atoms with E-state index < -0.39 is 33.9 Å². The van der Waals surface area contributed by atoms with Gasteiger partial charge in [0.15, 0.2) is 0 Å². The molecule has 3 aromatic rings. The molecule has 0 saturated heterocycles. The summed E-state index contributed by atoms with van der Waals surface area (Å²) in [4.78, 5) is 37.7. The van der Waals surface area contributed by atoms with Crippen molar-refractivity contribution in [2.75, 3.05) is 26.1 Å². The third-order valence-corrected chi connectivity index (χ3v) is 7.17. The van der Waals surface area contributed by atoms with Crippen molar-refractivity contribution in [3.05, 3.63) is 89.0 Å². The van der Waals surface area contributed by atoms with Crippen molar-refractivity contribution in [1.29, 1.82) is 0 Å². The summed E-state index contributed by atoms with van der Waals surface area (Å²) >= 11 is 0. The van der Waals surface area contributed by atoms with E-state index in [2.05, 4.69) is 10.0 Å². The number of rotatable bonds is 11. The molecule has 2 N–H and O–H groups in total. The highest BCUT2D eigenvalue weighted by atomic mass is 32.2. The maximum Gasteiger partial charge on any atom is 0.337 e. The Morgan fingerprint density at radius 1 is 0.872 bits per heavy atom. The van der Waals surface area contributed by atoms with Crippen LogP contribution < -0.4 is 14.8 Å². The molecule has 3 aromatic carbocycles. The average molecular weight is 555 g/mol. The van der Waals surface area contributed by atoms with Crippen molar-refractivity contribution in [1.82, 2.24) is 4.72 Å². The fourth-order valence-electron chi connectivity index (χ4n) is 3.80. The highest BCUT2D eigenvalue weighted by Gasteiger charge is 2.27. The Bertz CT molecular complexity index is 1420. The normalized spacial score (nSPS) is 11.8. The molecule has 0 fully saturated rings. The van der Waals surface area contributed by atoms with Gasteiger partial charge >= 0.3 is 11.9 Å². The Morgan fingerprint density at radius 3 is 2.03 bits per heavy atom. The highest BCUT2D eigenvalue weighted by molar-refractivity contribution is 7.89. The van der Waals surface area contributed by atoms with Crippen LogP contribution in [0.4, 0.5) is 5.69 Å². The first-order chi connectivity index (χ1) is 18.6. The molecule has 0 saturated carbocycles. The van der Waals surface area contributed by atoms with Crippen LogP contribution in [0.2, 0.25) is 0 Å². The van der Waals surface area contributed by atoms with Gasteiger partial charge in [-0.25, -0.2) is 18.0 Å². The van der Waals surface area contributed by atoms with Crippen molar-refractivity contribution in [2.24, 2.45) is 0 Å². The van der Waals surface area contributed by atoms with Gasteiger partial charge < -0.3 is 19.5 Å². The molecule has 10 nitrogen and oxygen atoms in total. The number of hydrogen-bond donors (Lipinski definition) is 2. The molecule has 0 heterocycles. The van der Waals surface area contributed by atoms with E-state index in [9.17, 15) is 22.8 Å². The van der Waals surface area contributed by atoms with Crippen LogP contribution in [0.25, 0.3) is 0 Å². The number of sulfonamides is 1. The smallest absolute Gasteiger partial charge is 0.337 e. The molecular formula is C28H30N2O8S. The second-order valence-electron chi connectivity index (χ2n) is 8.50. The molecule has 0 aliphatic heterocycles. The monoisotopic (exact) mass is 554 g/mol. The van der Waals surface area contributed by atoms with Crippen LogP contribution >= 0.6 is 0 Å². The Morgan fingerprint density at radius 2 is 1.49 bits per heavy atom. The number of amides is 1. The van der Waals surface area contributed by atoms with Crippen LogP contribution in [0.5, 0.6) is 5.75 Å². The molecule has 0 aliphatic rings. The predicted molar refractivity (Wildman–Crippen MR) is 144 cm³/mol. The van der Waals surface area contributed by atoms with Crippen molar-refractivity contribution in [3.63, 3.8) is 0 Å². The van der Waals surface area contributed by atoms with E-state index in [0.29, 0.717) is 23.5 Å². The van der Waals surface area contributed by atoms with Crippen molar-refractivity contribution in [3.8, 4) is 5.75 Å². The van der Waals surface area contributed by atoms with Gasteiger partial charge in [-0.15, -0.1) is 0 Å². The Hall–Kier alpha value is -4.22. The number of ether oxygens (including phenoxy) is 3. The number of carbonyl (C=O) groups excluding carboxylic acids is 3. The molecule has 1 amide bonds. The largest absolute Gasteiger partial charge is 0.494 e. The predicted octanol–water partition coefficient (Wildman–Crippen LogP) is 3.50. The zero-order valence-corrected chi connectivity index (χ0v) is 22.8. The minimum atomic E-state index is -4.14. The first-order valence-corrected chi connectivity index (χ1v) is 13.5. The number of hydrogen-bond acceptors (Lipinski definition) is 8. The summed E-state index contributed by atoms with van der Waals surface area (Å²) in [6, 6.07) is 16.0. The SMILES string of the molecule is CCOc1ccc(S(=O)(=O)NC(Cc2ccccc2)C(=O)Nc2cc(C(=O)OC)cc(C(=O)OC)c2)cc1C. The summed E-state index contributed by atoms with van der Waals surface area (Å²) < 4.78 is 44.1. The molecular weight excluding hydrogens is 524 g/mol. The number of benzene rings is 3. The molecule has 0 aliphatic carbocycles. The maximum atomic E-state index is 13.4. The number of carbonyl (C=O) groups is 3. The molecule has 0 radical (unpaired) electrons. The lowest BCUT2D eigenvalue weighted by Gasteiger charge is -2.20. The van der Waals surface area contributed by atoms with E-state index in [-0.39, 0.29) is 28.1 Å². The van der Waals surface area contributed by atoms with Crippen LogP contribution in [-0.2, 0) is 30.7 Å². The number of aryl methyl sites for hydroxylation is 1. The summed E-state index contributed by atoms with van der Waals surface area (Å²) in [7, 11) is -1.78. The zero-order chi connectivity index (χ0) is 28.6. The highest BCUT2D eigenvalue weighted by Crippen LogP contribution is 2.23. The van der Waals surface area contributed by atoms with E-state index >= 15 is 0 Å². The van der Waals surface area contributed by atoms with Crippen molar-refractivity contribution >= 4 is 33.6 Å². The van der Waals surface area contributed by atoms with Gasteiger partial charge in [0.25, 0.3) is 0 Å². The van der Waals surface area contributed by atoms with E-state index in [0.717, 1.165) is 0 Å². The minimum absolute atomic E-state index is 0.000697. The summed E-state index contributed by atoms with van der Waals surface area (Å²) in [6.45, 7) is 3.98. The van der Waals surface area contributed by atoms with Crippen molar-refractivity contribution < 1.29 is 37.0 Å². The second-order valence-corrected chi connectivity index (χ2v) is 10.2. The molecule has 3 rings (SSSR count). The summed E-state index contributed by atoms with van der Waals surface area (Å²) in [6.07, 6.45) is 0.0302. The molecule has 11 heteroatoms. The van der Waals surface area contributed by atoms with Gasteiger partial charge in [0.2, 0.25) is 15.9 Å². The van der Waals surface area contributed by atoms with Gasteiger partial charge in [0.05, 0.1) is 36.8 Å². The van der Waals surface area contributed by atoms with Crippen LogP contribution in [0, 0.1) is 6.92 Å². The van der Waals surface area contributed by atoms with Gasteiger partial charge in [-0.1, -0.05) is 30.3 Å². The lowest BCUT2D eigenvalue weighted by Crippen LogP contribution is -2.45. The van der Waals surface area contributed by atoms with Crippen LogP contribution in [0.15, 0.2) is 71.6 Å². The number of anilines is 1. The lowest BCUT2D eigenvalue weighted by molar-refractivity contribution is -0.117. The van der Waals surface area contributed by atoms with E-state index in [1.165, 1.54) is 44.6 Å². The third kappa shape index (κ3) is 7.65. The molecule has 1 unspecified atom stereocenters. The quantitative estimate of drug-likeness (QED) is 0.344. The number of methoxy groups -OCH3 is 2. The fourth-order valence-corrected chi connectivity index (χ4v) is 5.08. The van der Waals surface area contributed by atoms with E-state index in [4.69, 9.17) is 14.2 Å². The summed E-state index contributed by atoms with van der Waals surface area (Å²) in [5.74, 6) is -1.61. The standard InChI is InChI=1S/C28H30N2O8S/c1-5-38-25-12-11-23(13-18(25)2)39(34,35)30-24(14-19-9-7-6-8-10-19)26(31)29-22-16-20(27(32)36-3)15-21(17-22)28(33)37-4/h6-13,15-17,24,30H,5,14H2,1-4H3,(H,29,31). The van der Waals surface area contributed by atoms with E-state index in [1.54, 1.807) is 43.3 Å². The van der Waals surface area contributed by atoms with Gasteiger partial charge in [-0.3, -0.25) is 4.79 Å². The molecule has 0 aromatic heterocycles. The molecule has 0 spiro atoms. The van der Waals surface area contributed by atoms with E-state index in [1.807, 2.05) is 6.92 Å². The van der Waals surface area contributed by atoms with Crippen LogP contribution in [0.1, 0.15) is 38.8 Å². The molecule has 39 heavy (non-hydrogen) atoms. The Labute approximate surface area is 227 Å². The minimum Gasteiger partial charge on any atom is -0.494 e. The Kier molecular flexibility index (Phi) is 9.80. The first kappa shape index (κ1) is 29.3. The zero-order valence-electron chi connectivity index (χ0n) is 22.0. The second kappa shape index (κ2) is 13.0. The topological polar surface area (TPSA) is 137 Å². The van der Waals surface area contributed by atoms with Crippen LogP contribution in [-0.4, -0.2) is 53.1 Å². The fraction of sp³-hybridized carbons (Fsp3) is 0.250. The Balaban J connectivity index is 1.95. The average Bonchev–Trinajstić information content (AvgIpc) is 2.93. The molecule has 206 valence electrons. The van der Waals surface area contributed by atoms with Crippen LogP contribution in [0.3, 0.4) is 0 Å². The molecule has 1 atom stereocenters. The summed E-state index contributed by atoms with van der Waals surface area (Å²) in [5, 5.41) is 2.61. The first-order valence-electron chi connectivity index (χ1n) is 12.0. The maximum absolute atomic E-state index is 13.4. The van der Waals surface area contributed by atoms with Gasteiger partial charge in [0.1, 0.15) is 11.8 Å². The molecule has 0 bridgehead atoms. The number of esters is 2. The van der Waals surface area contributed by atoms with Gasteiger partial charge in [-0.2, -0.15) is 4.72 Å². The number of nitrogens with one attached hydrogen (secondary N) is 2. The summed E-state index contributed by atoms with van der Waals surface area (Å²) in [5.41, 5.74) is 1.42. The van der Waals surface area contributed by atoms with Gasteiger partial charge in [0, 0.05) is 5.69 Å². The third-order valence-electron chi connectivity index (χ3n) is 5.70.